The van der Waals surface area contributed by atoms with Crippen LogP contribution in [0, 0.1) is 6.92 Å². The summed E-state index contributed by atoms with van der Waals surface area (Å²) in [7, 11) is 0. The molecule has 1 N–H and O–H groups in total. The Balaban J connectivity index is 1.80. The van der Waals surface area contributed by atoms with E-state index in [9.17, 15) is 14.7 Å². The van der Waals surface area contributed by atoms with Gasteiger partial charge in [-0.25, -0.2) is 9.78 Å². The maximum atomic E-state index is 12.0. The summed E-state index contributed by atoms with van der Waals surface area (Å²) in [5.74, 6) is -0.799. The normalized spacial score (nSPS) is 10.8. The van der Waals surface area contributed by atoms with Crippen LogP contribution in [-0.2, 0) is 11.3 Å². The highest BCUT2D eigenvalue weighted by molar-refractivity contribution is 7.15. The molecule has 0 atom stereocenters. The van der Waals surface area contributed by atoms with Crippen molar-refractivity contribution in [3.63, 3.8) is 0 Å². The van der Waals surface area contributed by atoms with Crippen LogP contribution in [0.4, 0.5) is 0 Å². The molecule has 0 unspecified atom stereocenters. The van der Waals surface area contributed by atoms with Gasteiger partial charge in [-0.3, -0.25) is 9.20 Å². The largest absolute Gasteiger partial charge is 0.507 e. The van der Waals surface area contributed by atoms with Crippen LogP contribution in [0.15, 0.2) is 40.6 Å². The minimum absolute atomic E-state index is 0.0916. The van der Waals surface area contributed by atoms with Crippen molar-refractivity contribution in [2.24, 2.45) is 0 Å². The Morgan fingerprint density at radius 2 is 2.23 bits per heavy atom. The van der Waals surface area contributed by atoms with Gasteiger partial charge in [0.15, 0.2) is 4.96 Å². The van der Waals surface area contributed by atoms with Crippen molar-refractivity contribution in [3.05, 3.63) is 63.0 Å². The van der Waals surface area contributed by atoms with Crippen molar-refractivity contribution in [2.75, 3.05) is 0 Å². The fraction of sp³-hybridized carbons (Fsp3) is 0.133. The molecule has 0 bridgehead atoms. The smallest absolute Gasteiger partial charge is 0.342 e. The summed E-state index contributed by atoms with van der Waals surface area (Å²) in [6.07, 6.45) is 1.63. The van der Waals surface area contributed by atoms with Gasteiger partial charge in [0.2, 0.25) is 0 Å². The number of benzene rings is 1. The number of aryl methyl sites for hydroxylation is 1. The number of esters is 1. The van der Waals surface area contributed by atoms with E-state index in [0.29, 0.717) is 10.7 Å². The minimum Gasteiger partial charge on any atom is -0.507 e. The molecule has 2 heterocycles. The molecule has 6 nitrogen and oxygen atoms in total. The number of rotatable bonds is 3. The number of nitrogens with zero attached hydrogens (tertiary/aromatic N) is 2. The van der Waals surface area contributed by atoms with Gasteiger partial charge >= 0.3 is 5.97 Å². The first kappa shape index (κ1) is 14.3. The highest BCUT2D eigenvalue weighted by atomic mass is 32.1. The summed E-state index contributed by atoms with van der Waals surface area (Å²) in [6, 6.07) is 6.00. The van der Waals surface area contributed by atoms with Crippen LogP contribution in [-0.4, -0.2) is 20.5 Å². The molecule has 0 fully saturated rings. The van der Waals surface area contributed by atoms with Crippen molar-refractivity contribution in [3.8, 4) is 5.75 Å². The Morgan fingerprint density at radius 1 is 1.41 bits per heavy atom. The molecular weight excluding hydrogens is 304 g/mol. The molecule has 0 amide bonds. The van der Waals surface area contributed by atoms with Crippen LogP contribution < -0.4 is 5.56 Å². The zero-order chi connectivity index (χ0) is 15.7. The quantitative estimate of drug-likeness (QED) is 0.749. The summed E-state index contributed by atoms with van der Waals surface area (Å²) in [4.78, 5) is 28.6. The average Bonchev–Trinajstić information content (AvgIpc) is 2.96. The number of phenols is 1. The highest BCUT2D eigenvalue weighted by Gasteiger charge is 2.14. The molecule has 112 valence electrons. The van der Waals surface area contributed by atoms with Crippen molar-refractivity contribution >= 4 is 22.3 Å². The zero-order valence-corrected chi connectivity index (χ0v) is 12.5. The third kappa shape index (κ3) is 2.71. The van der Waals surface area contributed by atoms with E-state index in [1.165, 1.54) is 27.9 Å². The monoisotopic (exact) mass is 316 g/mol. The molecule has 0 radical (unpaired) electrons. The van der Waals surface area contributed by atoms with E-state index in [1.54, 1.807) is 23.7 Å². The summed E-state index contributed by atoms with van der Waals surface area (Å²) in [6.45, 7) is 1.68. The number of carbonyl (C=O) groups is 1. The highest BCUT2D eigenvalue weighted by Crippen LogP contribution is 2.19. The summed E-state index contributed by atoms with van der Waals surface area (Å²) < 4.78 is 6.54. The number of hydrogen-bond donors (Lipinski definition) is 1. The second kappa shape index (κ2) is 5.61. The first-order valence-corrected chi connectivity index (χ1v) is 7.35. The zero-order valence-electron chi connectivity index (χ0n) is 11.6. The van der Waals surface area contributed by atoms with Crippen LogP contribution in [0.2, 0.25) is 0 Å². The van der Waals surface area contributed by atoms with Crippen LogP contribution in [0.3, 0.4) is 0 Å². The number of carbonyl (C=O) groups excluding carboxylic acids is 1. The van der Waals surface area contributed by atoms with Crippen molar-refractivity contribution in [1.29, 1.82) is 0 Å². The van der Waals surface area contributed by atoms with Crippen LogP contribution in [0.1, 0.15) is 21.6 Å². The van der Waals surface area contributed by atoms with Crippen molar-refractivity contribution < 1.29 is 14.6 Å². The van der Waals surface area contributed by atoms with Gasteiger partial charge in [0.25, 0.3) is 5.56 Å². The van der Waals surface area contributed by atoms with Gasteiger partial charge in [0.05, 0.1) is 5.69 Å². The van der Waals surface area contributed by atoms with Crippen LogP contribution in [0.25, 0.3) is 4.96 Å². The maximum Gasteiger partial charge on any atom is 0.342 e. The Kier molecular flexibility index (Phi) is 3.64. The number of fused-ring (bicyclic) bond motifs is 1. The third-order valence-corrected chi connectivity index (χ3v) is 3.84. The fourth-order valence-corrected chi connectivity index (χ4v) is 2.73. The first-order chi connectivity index (χ1) is 10.5. The maximum absolute atomic E-state index is 12.0. The van der Waals surface area contributed by atoms with Gasteiger partial charge in [-0.1, -0.05) is 11.6 Å². The Bertz CT molecular complexity index is 913. The average molecular weight is 316 g/mol. The van der Waals surface area contributed by atoms with Gasteiger partial charge in [-0.15, -0.1) is 11.3 Å². The lowest BCUT2D eigenvalue weighted by atomic mass is 10.1. The molecule has 0 saturated heterocycles. The van der Waals surface area contributed by atoms with Gasteiger partial charge in [0.1, 0.15) is 17.9 Å². The predicted octanol–water partition coefficient (Wildman–Crippen LogP) is 2.13. The van der Waals surface area contributed by atoms with E-state index in [1.807, 2.05) is 6.92 Å². The fourth-order valence-electron chi connectivity index (χ4n) is 1.99. The molecule has 3 rings (SSSR count). The molecule has 0 spiro atoms. The summed E-state index contributed by atoms with van der Waals surface area (Å²) in [5.41, 5.74) is 1.07. The van der Waals surface area contributed by atoms with Gasteiger partial charge in [-0.05, 0) is 19.1 Å². The van der Waals surface area contributed by atoms with Gasteiger partial charge in [0, 0.05) is 17.6 Å². The van der Waals surface area contributed by atoms with Crippen LogP contribution >= 0.6 is 11.3 Å². The predicted molar refractivity (Wildman–Crippen MR) is 81.3 cm³/mol. The molecule has 2 aromatic heterocycles. The number of thiazole rings is 1. The molecule has 0 aliphatic heterocycles. The summed E-state index contributed by atoms with van der Waals surface area (Å²) >= 11 is 1.32. The SMILES string of the molecule is Cc1ccc(O)c(C(=O)OCc2cc(=O)n3ccsc3n2)c1. The van der Waals surface area contributed by atoms with Crippen LogP contribution in [0.5, 0.6) is 5.75 Å². The number of hydrogen-bond acceptors (Lipinski definition) is 6. The minimum atomic E-state index is -0.658. The Morgan fingerprint density at radius 3 is 3.05 bits per heavy atom. The molecular formula is C15H12N2O4S. The number of aromatic nitrogens is 2. The lowest BCUT2D eigenvalue weighted by molar-refractivity contribution is 0.0464. The second-order valence-corrected chi connectivity index (χ2v) is 5.61. The van der Waals surface area contributed by atoms with E-state index in [2.05, 4.69) is 4.98 Å². The molecule has 7 heteroatoms. The first-order valence-electron chi connectivity index (χ1n) is 6.47. The number of aromatic hydroxyl groups is 1. The third-order valence-electron chi connectivity index (χ3n) is 3.08. The molecule has 3 aromatic rings. The Labute approximate surface area is 129 Å². The summed E-state index contributed by atoms with van der Waals surface area (Å²) in [5, 5.41) is 11.4. The van der Waals surface area contributed by atoms with Gasteiger partial charge in [-0.2, -0.15) is 0 Å². The standard InChI is InChI=1S/C15H12N2O4S/c1-9-2-3-12(18)11(6-9)14(20)21-8-10-7-13(19)17-4-5-22-15(17)16-10/h2-7,18H,8H2,1H3. The molecule has 22 heavy (non-hydrogen) atoms. The van der Waals surface area contributed by atoms with Crippen molar-refractivity contribution in [2.45, 2.75) is 13.5 Å². The molecule has 1 aromatic carbocycles. The topological polar surface area (TPSA) is 80.9 Å². The molecule has 0 aliphatic rings. The van der Waals surface area contributed by atoms with E-state index >= 15 is 0 Å². The number of ether oxygens (including phenoxy) is 1. The van der Waals surface area contributed by atoms with E-state index in [4.69, 9.17) is 4.74 Å². The molecule has 0 saturated carbocycles. The lowest BCUT2D eigenvalue weighted by Gasteiger charge is -2.07. The number of phenolic OH excluding ortho intramolecular Hbond substituents is 1. The van der Waals surface area contributed by atoms with Gasteiger partial charge < -0.3 is 9.84 Å². The Hall–Kier alpha value is -2.67. The van der Waals surface area contributed by atoms with E-state index in [0.717, 1.165) is 5.56 Å². The van der Waals surface area contributed by atoms with Crippen molar-refractivity contribution in [1.82, 2.24) is 9.38 Å². The van der Waals surface area contributed by atoms with E-state index < -0.39 is 5.97 Å². The second-order valence-electron chi connectivity index (χ2n) is 4.74. The van der Waals surface area contributed by atoms with E-state index in [-0.39, 0.29) is 23.5 Å². The molecule has 0 aliphatic carbocycles. The lowest BCUT2D eigenvalue weighted by Crippen LogP contribution is -2.14.